The lowest BCUT2D eigenvalue weighted by Crippen LogP contribution is -1.96. The fraction of sp³-hybridized carbons (Fsp3) is 0.0282. The molecule has 0 radical (unpaired) electrons. The number of benzene rings is 9. The number of hydrogen-bond acceptors (Lipinski definition) is 3. The molecule has 0 amide bonds. The molecule has 3 heterocycles. The second-order valence-corrected chi connectivity index (χ2v) is 18.9. The molecular weight excluding hydrogens is 895 g/mol. The van der Waals surface area contributed by atoms with E-state index < -0.39 is 0 Å². The van der Waals surface area contributed by atoms with Crippen molar-refractivity contribution in [3.63, 3.8) is 0 Å². The van der Waals surface area contributed by atoms with E-state index in [2.05, 4.69) is 263 Å². The van der Waals surface area contributed by atoms with Crippen LogP contribution in [0.2, 0.25) is 0 Å². The van der Waals surface area contributed by atoms with Crippen LogP contribution >= 0.6 is 0 Å². The minimum atomic E-state index is 0.926. The highest BCUT2D eigenvalue weighted by Crippen LogP contribution is 2.45. The largest absolute Gasteiger partial charge is 0.256 e. The Kier molecular flexibility index (Phi) is 12.5. The van der Waals surface area contributed by atoms with E-state index in [0.717, 1.165) is 123 Å². The molecule has 0 saturated heterocycles. The van der Waals surface area contributed by atoms with Crippen molar-refractivity contribution in [3.8, 4) is 123 Å². The molecule has 0 aliphatic carbocycles. The third-order valence-corrected chi connectivity index (χ3v) is 14.2. The Balaban J connectivity index is 1.05. The van der Waals surface area contributed by atoms with Crippen molar-refractivity contribution < 1.29 is 0 Å². The fourth-order valence-corrected chi connectivity index (χ4v) is 10.4. The SMILES string of the molecule is Cc1cc(-c2ccccc2)ncc1-c1ccccc1-c1cc(-c2ccccc2-c2cnc(-c3ccccc3)cc2C)cc(-c2ccccc2-c2cnc(-c3ccccc3)cc2-c2ccc(-c3ccccc3)cc2)c1. The van der Waals surface area contributed by atoms with Crippen LogP contribution in [0.5, 0.6) is 0 Å². The first-order valence-corrected chi connectivity index (χ1v) is 25.2. The van der Waals surface area contributed by atoms with Crippen molar-refractivity contribution in [2.24, 2.45) is 0 Å². The normalized spacial score (nSPS) is 11.1. The summed E-state index contributed by atoms with van der Waals surface area (Å²) >= 11 is 0. The number of nitrogens with zero attached hydrogens (tertiary/aromatic N) is 3. The van der Waals surface area contributed by atoms with Crippen molar-refractivity contribution >= 4 is 0 Å². The molecule has 0 saturated carbocycles. The molecule has 74 heavy (non-hydrogen) atoms. The van der Waals surface area contributed by atoms with Gasteiger partial charge in [0.15, 0.2) is 0 Å². The number of hydrogen-bond donors (Lipinski definition) is 0. The molecule has 0 fully saturated rings. The van der Waals surface area contributed by atoms with Crippen LogP contribution in [0.4, 0.5) is 0 Å². The average Bonchev–Trinajstić information content (AvgIpc) is 3.48. The lowest BCUT2D eigenvalue weighted by atomic mass is 9.85. The van der Waals surface area contributed by atoms with E-state index in [1.54, 1.807) is 0 Å². The summed E-state index contributed by atoms with van der Waals surface area (Å²) in [5.41, 5.74) is 26.3. The quantitative estimate of drug-likeness (QED) is 0.130. The highest BCUT2D eigenvalue weighted by molar-refractivity contribution is 5.97. The summed E-state index contributed by atoms with van der Waals surface area (Å²) < 4.78 is 0. The van der Waals surface area contributed by atoms with E-state index in [1.807, 2.05) is 24.5 Å². The van der Waals surface area contributed by atoms with E-state index in [4.69, 9.17) is 15.0 Å². The molecule has 12 aromatic rings. The molecule has 0 unspecified atom stereocenters. The van der Waals surface area contributed by atoms with E-state index >= 15 is 0 Å². The van der Waals surface area contributed by atoms with Gasteiger partial charge in [0, 0.05) is 52.0 Å². The predicted octanol–water partition coefficient (Wildman–Crippen LogP) is 18.8. The van der Waals surface area contributed by atoms with E-state index in [9.17, 15) is 0 Å². The summed E-state index contributed by atoms with van der Waals surface area (Å²) in [6, 6.07) is 90.9. The maximum absolute atomic E-state index is 5.19. The van der Waals surface area contributed by atoms with Gasteiger partial charge < -0.3 is 0 Å². The second-order valence-electron chi connectivity index (χ2n) is 18.9. The van der Waals surface area contributed by atoms with E-state index in [1.165, 1.54) is 11.1 Å². The summed E-state index contributed by atoms with van der Waals surface area (Å²) in [5, 5.41) is 0. The first-order chi connectivity index (χ1) is 36.5. The Morgan fingerprint density at radius 1 is 0.189 bits per heavy atom. The van der Waals surface area contributed by atoms with Crippen LogP contribution in [-0.2, 0) is 0 Å². The third kappa shape index (κ3) is 9.15. The predicted molar refractivity (Wildman–Crippen MR) is 309 cm³/mol. The Bertz CT molecular complexity index is 3790. The molecule has 0 aliphatic rings. The van der Waals surface area contributed by atoms with Crippen LogP contribution in [0.15, 0.2) is 273 Å². The van der Waals surface area contributed by atoms with Crippen LogP contribution < -0.4 is 0 Å². The third-order valence-electron chi connectivity index (χ3n) is 14.2. The van der Waals surface area contributed by atoms with Crippen LogP contribution in [0, 0.1) is 13.8 Å². The summed E-state index contributed by atoms with van der Waals surface area (Å²) in [4.78, 5) is 15.3. The first-order valence-electron chi connectivity index (χ1n) is 25.2. The number of rotatable bonds is 11. The minimum absolute atomic E-state index is 0.926. The molecule has 12 rings (SSSR count). The molecule has 0 spiro atoms. The first kappa shape index (κ1) is 45.6. The summed E-state index contributed by atoms with van der Waals surface area (Å²) in [7, 11) is 0. The zero-order valence-corrected chi connectivity index (χ0v) is 41.3. The summed E-state index contributed by atoms with van der Waals surface area (Å²) in [6.07, 6.45) is 6.16. The van der Waals surface area contributed by atoms with Crippen LogP contribution in [0.1, 0.15) is 11.1 Å². The van der Waals surface area contributed by atoms with Crippen LogP contribution in [0.25, 0.3) is 123 Å². The molecule has 3 nitrogen and oxygen atoms in total. The summed E-state index contributed by atoms with van der Waals surface area (Å²) in [5.74, 6) is 0. The van der Waals surface area contributed by atoms with Gasteiger partial charge in [-0.2, -0.15) is 0 Å². The molecule has 350 valence electrons. The molecule has 0 aliphatic heterocycles. The lowest BCUT2D eigenvalue weighted by molar-refractivity contribution is 1.29. The van der Waals surface area contributed by atoms with Gasteiger partial charge in [-0.1, -0.05) is 218 Å². The van der Waals surface area contributed by atoms with Crippen molar-refractivity contribution in [2.45, 2.75) is 13.8 Å². The van der Waals surface area contributed by atoms with Crippen molar-refractivity contribution in [1.82, 2.24) is 15.0 Å². The molecular formula is C71H51N3. The Labute approximate surface area is 433 Å². The zero-order chi connectivity index (χ0) is 49.8. The fourth-order valence-electron chi connectivity index (χ4n) is 10.4. The van der Waals surface area contributed by atoms with E-state index in [0.29, 0.717) is 0 Å². The molecule has 9 aromatic carbocycles. The maximum Gasteiger partial charge on any atom is 0.0708 e. The Morgan fingerprint density at radius 3 is 0.851 bits per heavy atom. The van der Waals surface area contributed by atoms with Gasteiger partial charge in [0.05, 0.1) is 17.1 Å². The van der Waals surface area contributed by atoms with Gasteiger partial charge in [-0.25, -0.2) is 0 Å². The van der Waals surface area contributed by atoms with Gasteiger partial charge in [-0.05, 0) is 134 Å². The summed E-state index contributed by atoms with van der Waals surface area (Å²) in [6.45, 7) is 4.38. The molecule has 3 heteroatoms. The highest BCUT2D eigenvalue weighted by atomic mass is 14.7. The zero-order valence-electron chi connectivity index (χ0n) is 41.3. The molecule has 0 atom stereocenters. The Hall–Kier alpha value is -9.57. The van der Waals surface area contributed by atoms with Gasteiger partial charge in [0.1, 0.15) is 0 Å². The van der Waals surface area contributed by atoms with Crippen LogP contribution in [0.3, 0.4) is 0 Å². The average molecular weight is 946 g/mol. The lowest BCUT2D eigenvalue weighted by Gasteiger charge is -2.20. The minimum Gasteiger partial charge on any atom is -0.256 e. The number of aryl methyl sites for hydroxylation is 2. The van der Waals surface area contributed by atoms with Gasteiger partial charge in [-0.15, -0.1) is 0 Å². The second kappa shape index (κ2) is 20.3. The van der Waals surface area contributed by atoms with Gasteiger partial charge in [-0.3, -0.25) is 15.0 Å². The van der Waals surface area contributed by atoms with Gasteiger partial charge >= 0.3 is 0 Å². The van der Waals surface area contributed by atoms with Gasteiger partial charge in [0.25, 0.3) is 0 Å². The standard InChI is InChI=1S/C71H51N3/c1-48-39-69(53-23-9-4-10-24-53)72-45-66(48)62-32-18-15-29-59(62)56-41-57(60-30-16-19-33-63(60)67-46-73-70(40-49(67)2)54-25-11-5-12-26-54)43-58(42-56)61-31-17-20-34-64(61)68-47-74-71(55-27-13-6-14-28-55)44-65(68)52-37-35-51(36-38-52)50-21-7-3-8-22-50/h3-47H,1-2H3. The molecule has 0 bridgehead atoms. The highest BCUT2D eigenvalue weighted by Gasteiger charge is 2.20. The van der Waals surface area contributed by atoms with Crippen LogP contribution in [-0.4, -0.2) is 15.0 Å². The molecule has 3 aromatic heterocycles. The number of aromatic nitrogens is 3. The van der Waals surface area contributed by atoms with Crippen molar-refractivity contribution in [1.29, 1.82) is 0 Å². The van der Waals surface area contributed by atoms with Gasteiger partial charge in [0.2, 0.25) is 0 Å². The maximum atomic E-state index is 5.19. The van der Waals surface area contributed by atoms with Crippen molar-refractivity contribution in [2.75, 3.05) is 0 Å². The smallest absolute Gasteiger partial charge is 0.0708 e. The van der Waals surface area contributed by atoms with Crippen molar-refractivity contribution in [3.05, 3.63) is 285 Å². The monoisotopic (exact) mass is 945 g/mol. The van der Waals surface area contributed by atoms with E-state index in [-0.39, 0.29) is 0 Å². The molecule has 0 N–H and O–H groups in total. The Morgan fingerprint density at radius 2 is 0.473 bits per heavy atom. The topological polar surface area (TPSA) is 38.7 Å². The number of pyridine rings is 3.